The van der Waals surface area contributed by atoms with Gasteiger partial charge in [-0.1, -0.05) is 17.7 Å². The Morgan fingerprint density at radius 3 is 2.50 bits per heavy atom. The SMILES string of the molecule is CCOC(=O)c1cccc(NC(=O)c2ccc(OCC)c(Cl)c2)c1. The van der Waals surface area contributed by atoms with Crippen molar-refractivity contribution in [2.24, 2.45) is 0 Å². The molecule has 0 aromatic heterocycles. The Bertz CT molecular complexity index is 746. The van der Waals surface area contributed by atoms with Gasteiger partial charge >= 0.3 is 5.97 Å². The van der Waals surface area contributed by atoms with Crippen molar-refractivity contribution in [1.82, 2.24) is 0 Å². The van der Waals surface area contributed by atoms with Crippen molar-refractivity contribution in [2.45, 2.75) is 13.8 Å². The Balaban J connectivity index is 2.13. The van der Waals surface area contributed by atoms with E-state index in [0.29, 0.717) is 40.8 Å². The van der Waals surface area contributed by atoms with Crippen LogP contribution in [0.15, 0.2) is 42.5 Å². The molecule has 1 N–H and O–H groups in total. The molecule has 2 aromatic rings. The van der Waals surface area contributed by atoms with Crippen LogP contribution in [-0.4, -0.2) is 25.1 Å². The monoisotopic (exact) mass is 347 g/mol. The maximum absolute atomic E-state index is 12.3. The minimum atomic E-state index is -0.433. The van der Waals surface area contributed by atoms with E-state index in [2.05, 4.69) is 5.32 Å². The summed E-state index contributed by atoms with van der Waals surface area (Å²) >= 11 is 6.09. The van der Waals surface area contributed by atoms with Crippen LogP contribution in [0.25, 0.3) is 0 Å². The van der Waals surface area contributed by atoms with E-state index in [0.717, 1.165) is 0 Å². The van der Waals surface area contributed by atoms with Gasteiger partial charge in [-0.05, 0) is 50.2 Å². The molecular formula is C18H18ClNO4. The smallest absolute Gasteiger partial charge is 0.338 e. The summed E-state index contributed by atoms with van der Waals surface area (Å²) < 4.78 is 10.3. The second kappa shape index (κ2) is 8.36. The van der Waals surface area contributed by atoms with E-state index in [1.54, 1.807) is 43.3 Å². The number of halogens is 1. The summed E-state index contributed by atoms with van der Waals surface area (Å²) in [6.07, 6.45) is 0. The zero-order chi connectivity index (χ0) is 17.5. The zero-order valence-electron chi connectivity index (χ0n) is 13.5. The van der Waals surface area contributed by atoms with Crippen LogP contribution >= 0.6 is 11.6 Å². The molecule has 6 heteroatoms. The van der Waals surface area contributed by atoms with Crippen LogP contribution in [0.4, 0.5) is 5.69 Å². The van der Waals surface area contributed by atoms with E-state index in [1.165, 1.54) is 6.07 Å². The fourth-order valence-corrected chi connectivity index (χ4v) is 2.29. The van der Waals surface area contributed by atoms with E-state index < -0.39 is 5.97 Å². The van der Waals surface area contributed by atoms with Gasteiger partial charge in [-0.25, -0.2) is 4.79 Å². The van der Waals surface area contributed by atoms with Crippen LogP contribution in [0.2, 0.25) is 5.02 Å². The first kappa shape index (κ1) is 17.8. The van der Waals surface area contributed by atoms with Gasteiger partial charge in [0.25, 0.3) is 5.91 Å². The molecule has 0 bridgehead atoms. The molecule has 5 nitrogen and oxygen atoms in total. The van der Waals surface area contributed by atoms with Gasteiger partial charge in [0, 0.05) is 11.3 Å². The number of rotatable bonds is 6. The third kappa shape index (κ3) is 4.49. The molecule has 0 saturated heterocycles. The molecule has 126 valence electrons. The van der Waals surface area contributed by atoms with E-state index in [9.17, 15) is 9.59 Å². The molecule has 24 heavy (non-hydrogen) atoms. The van der Waals surface area contributed by atoms with Gasteiger partial charge in [-0.3, -0.25) is 4.79 Å². The fraction of sp³-hybridized carbons (Fsp3) is 0.222. The van der Waals surface area contributed by atoms with Crippen LogP contribution < -0.4 is 10.1 Å². The van der Waals surface area contributed by atoms with Crippen LogP contribution in [0.3, 0.4) is 0 Å². The van der Waals surface area contributed by atoms with Crippen molar-refractivity contribution in [2.75, 3.05) is 18.5 Å². The van der Waals surface area contributed by atoms with Gasteiger partial charge in [-0.2, -0.15) is 0 Å². The summed E-state index contributed by atoms with van der Waals surface area (Å²) in [4.78, 5) is 24.0. The number of ether oxygens (including phenoxy) is 2. The Labute approximate surface area is 145 Å². The molecule has 1 amide bonds. The van der Waals surface area contributed by atoms with Crippen molar-refractivity contribution in [1.29, 1.82) is 0 Å². The summed E-state index contributed by atoms with van der Waals surface area (Å²) in [6.45, 7) is 4.37. The molecular weight excluding hydrogens is 330 g/mol. The predicted octanol–water partition coefficient (Wildman–Crippen LogP) is 4.17. The van der Waals surface area contributed by atoms with Crippen molar-refractivity contribution < 1.29 is 19.1 Å². The van der Waals surface area contributed by atoms with Crippen LogP contribution in [0.1, 0.15) is 34.6 Å². The molecule has 2 aromatic carbocycles. The molecule has 0 aliphatic carbocycles. The van der Waals surface area contributed by atoms with Crippen molar-refractivity contribution in [3.8, 4) is 5.75 Å². The summed E-state index contributed by atoms with van der Waals surface area (Å²) in [5, 5.41) is 3.09. The first-order valence-corrected chi connectivity index (χ1v) is 7.93. The quantitative estimate of drug-likeness (QED) is 0.796. The van der Waals surface area contributed by atoms with Gasteiger partial charge in [0.15, 0.2) is 0 Å². The maximum Gasteiger partial charge on any atom is 0.338 e. The lowest BCUT2D eigenvalue weighted by Gasteiger charge is -2.09. The summed E-state index contributed by atoms with van der Waals surface area (Å²) in [5.41, 5.74) is 1.26. The largest absolute Gasteiger partial charge is 0.492 e. The third-order valence-corrected chi connectivity index (χ3v) is 3.42. The number of hydrogen-bond donors (Lipinski definition) is 1. The van der Waals surface area contributed by atoms with Gasteiger partial charge < -0.3 is 14.8 Å². The lowest BCUT2D eigenvalue weighted by Crippen LogP contribution is -2.13. The average Bonchev–Trinajstić information content (AvgIpc) is 2.57. The Kier molecular flexibility index (Phi) is 6.21. The molecule has 0 radical (unpaired) electrons. The standard InChI is InChI=1S/C18H18ClNO4/c1-3-23-16-9-8-12(11-15(16)19)17(21)20-14-7-5-6-13(10-14)18(22)24-4-2/h5-11H,3-4H2,1-2H3,(H,20,21). The normalized spacial score (nSPS) is 10.1. The highest BCUT2D eigenvalue weighted by molar-refractivity contribution is 6.32. The molecule has 0 aliphatic rings. The third-order valence-electron chi connectivity index (χ3n) is 3.13. The van der Waals surface area contributed by atoms with Crippen molar-refractivity contribution in [3.05, 3.63) is 58.6 Å². The molecule has 0 atom stereocenters. The zero-order valence-corrected chi connectivity index (χ0v) is 14.2. The van der Waals surface area contributed by atoms with Gasteiger partial charge in [0.2, 0.25) is 0 Å². The second-order valence-electron chi connectivity index (χ2n) is 4.83. The first-order valence-electron chi connectivity index (χ1n) is 7.56. The number of hydrogen-bond acceptors (Lipinski definition) is 4. The molecule has 2 rings (SSSR count). The Morgan fingerprint density at radius 2 is 1.83 bits per heavy atom. The number of carbonyl (C=O) groups excluding carboxylic acids is 2. The first-order chi connectivity index (χ1) is 11.5. The molecule has 0 unspecified atom stereocenters. The Hall–Kier alpha value is -2.53. The Morgan fingerprint density at radius 1 is 1.04 bits per heavy atom. The van der Waals surface area contributed by atoms with Crippen LogP contribution in [0, 0.1) is 0 Å². The second-order valence-corrected chi connectivity index (χ2v) is 5.24. The summed E-state index contributed by atoms with van der Waals surface area (Å²) in [5.74, 6) is -0.237. The predicted molar refractivity (Wildman–Crippen MR) is 93.0 cm³/mol. The topological polar surface area (TPSA) is 64.6 Å². The highest BCUT2D eigenvalue weighted by Gasteiger charge is 2.12. The van der Waals surface area contributed by atoms with Gasteiger partial charge in [0.1, 0.15) is 5.75 Å². The van der Waals surface area contributed by atoms with Crippen LogP contribution in [0.5, 0.6) is 5.75 Å². The lowest BCUT2D eigenvalue weighted by molar-refractivity contribution is 0.0526. The minimum absolute atomic E-state index is 0.292. The number of benzene rings is 2. The van der Waals surface area contributed by atoms with E-state index in [1.807, 2.05) is 6.92 Å². The van der Waals surface area contributed by atoms with E-state index >= 15 is 0 Å². The highest BCUT2D eigenvalue weighted by atomic mass is 35.5. The number of amides is 1. The van der Waals surface area contributed by atoms with E-state index in [-0.39, 0.29) is 5.91 Å². The lowest BCUT2D eigenvalue weighted by atomic mass is 10.1. The van der Waals surface area contributed by atoms with Crippen molar-refractivity contribution in [3.63, 3.8) is 0 Å². The summed E-state index contributed by atoms with van der Waals surface area (Å²) in [7, 11) is 0. The minimum Gasteiger partial charge on any atom is -0.492 e. The highest BCUT2D eigenvalue weighted by Crippen LogP contribution is 2.26. The van der Waals surface area contributed by atoms with Crippen molar-refractivity contribution >= 4 is 29.2 Å². The summed E-state index contributed by atoms with van der Waals surface area (Å²) in [6, 6.07) is 11.4. The number of carbonyl (C=O) groups is 2. The molecule has 0 aliphatic heterocycles. The molecule has 0 heterocycles. The molecule has 0 spiro atoms. The number of nitrogens with one attached hydrogen (secondary N) is 1. The maximum atomic E-state index is 12.3. The number of anilines is 1. The molecule has 0 fully saturated rings. The fourth-order valence-electron chi connectivity index (χ4n) is 2.06. The molecule has 0 saturated carbocycles. The average molecular weight is 348 g/mol. The van der Waals surface area contributed by atoms with Crippen LogP contribution in [-0.2, 0) is 4.74 Å². The van der Waals surface area contributed by atoms with E-state index in [4.69, 9.17) is 21.1 Å². The number of esters is 1. The van der Waals surface area contributed by atoms with Gasteiger partial charge in [-0.15, -0.1) is 0 Å². The van der Waals surface area contributed by atoms with Gasteiger partial charge in [0.05, 0.1) is 23.8 Å².